The highest BCUT2D eigenvalue weighted by Crippen LogP contribution is 2.31. The lowest BCUT2D eigenvalue weighted by molar-refractivity contribution is -0.122. The maximum Gasteiger partial charge on any atom is 0.231 e. The second-order valence-corrected chi connectivity index (χ2v) is 5.56. The summed E-state index contributed by atoms with van der Waals surface area (Å²) < 4.78 is 5.41. The number of pyridine rings is 1. The van der Waals surface area contributed by atoms with Crippen molar-refractivity contribution in [1.82, 2.24) is 10.3 Å². The zero-order valence-corrected chi connectivity index (χ0v) is 12.5. The minimum Gasteiger partial charge on any atom is -0.476 e. The predicted octanol–water partition coefficient (Wildman–Crippen LogP) is 3.18. The van der Waals surface area contributed by atoms with Crippen LogP contribution in [0.15, 0.2) is 36.5 Å². The zero-order valence-electron chi connectivity index (χ0n) is 11.0. The molecule has 1 N–H and O–H groups in total. The summed E-state index contributed by atoms with van der Waals surface area (Å²) >= 11 is 11.9. The number of benzene rings is 1. The Kier molecular flexibility index (Phi) is 3.99. The topological polar surface area (TPSA) is 51.2 Å². The van der Waals surface area contributed by atoms with E-state index in [0.29, 0.717) is 29.1 Å². The molecule has 3 rings (SSSR count). The number of hydrogen-bond acceptors (Lipinski definition) is 3. The molecule has 1 aromatic heterocycles. The SMILES string of the molecule is O=C(NCc1ccc(Cl)cc1Cl)C1COc2ncccc21. The molecule has 0 saturated heterocycles. The van der Waals surface area contributed by atoms with Crippen molar-refractivity contribution in [2.24, 2.45) is 0 Å². The van der Waals surface area contributed by atoms with Crippen LogP contribution in [0.3, 0.4) is 0 Å². The molecule has 2 heterocycles. The van der Waals surface area contributed by atoms with Gasteiger partial charge in [-0.25, -0.2) is 4.98 Å². The van der Waals surface area contributed by atoms with E-state index in [0.717, 1.165) is 11.1 Å². The van der Waals surface area contributed by atoms with E-state index >= 15 is 0 Å². The summed E-state index contributed by atoms with van der Waals surface area (Å²) in [7, 11) is 0. The number of carbonyl (C=O) groups excluding carboxylic acids is 1. The molecule has 1 aromatic carbocycles. The van der Waals surface area contributed by atoms with E-state index in [1.54, 1.807) is 30.5 Å². The molecular formula is C15H12Cl2N2O2. The first-order chi connectivity index (χ1) is 10.1. The molecule has 0 saturated carbocycles. The van der Waals surface area contributed by atoms with Crippen molar-refractivity contribution in [2.75, 3.05) is 6.61 Å². The summed E-state index contributed by atoms with van der Waals surface area (Å²) in [5.41, 5.74) is 1.64. The van der Waals surface area contributed by atoms with Crippen molar-refractivity contribution in [3.63, 3.8) is 0 Å². The third-order valence-corrected chi connectivity index (χ3v) is 3.93. The van der Waals surface area contributed by atoms with Gasteiger partial charge in [-0.2, -0.15) is 0 Å². The Balaban J connectivity index is 1.68. The smallest absolute Gasteiger partial charge is 0.231 e. The second kappa shape index (κ2) is 5.92. The third kappa shape index (κ3) is 2.96. The second-order valence-electron chi connectivity index (χ2n) is 4.71. The number of nitrogens with one attached hydrogen (secondary N) is 1. The molecule has 4 nitrogen and oxygen atoms in total. The van der Waals surface area contributed by atoms with Crippen LogP contribution in [0.5, 0.6) is 5.88 Å². The third-order valence-electron chi connectivity index (χ3n) is 3.35. The minimum atomic E-state index is -0.334. The van der Waals surface area contributed by atoms with Crippen molar-refractivity contribution < 1.29 is 9.53 Å². The van der Waals surface area contributed by atoms with E-state index in [9.17, 15) is 4.79 Å². The summed E-state index contributed by atoms with van der Waals surface area (Å²) in [6.07, 6.45) is 1.65. The van der Waals surface area contributed by atoms with Crippen LogP contribution in [-0.2, 0) is 11.3 Å². The molecule has 1 amide bonds. The lowest BCUT2D eigenvalue weighted by Crippen LogP contribution is -2.29. The van der Waals surface area contributed by atoms with Crippen molar-refractivity contribution in [2.45, 2.75) is 12.5 Å². The largest absolute Gasteiger partial charge is 0.476 e. The predicted molar refractivity (Wildman–Crippen MR) is 80.8 cm³/mol. The van der Waals surface area contributed by atoms with E-state index in [4.69, 9.17) is 27.9 Å². The molecule has 0 aliphatic carbocycles. The zero-order chi connectivity index (χ0) is 14.8. The van der Waals surface area contributed by atoms with Crippen LogP contribution in [0.25, 0.3) is 0 Å². The maximum absolute atomic E-state index is 12.3. The fourth-order valence-electron chi connectivity index (χ4n) is 2.23. The molecule has 1 aliphatic heterocycles. The highest BCUT2D eigenvalue weighted by Gasteiger charge is 2.30. The number of ether oxygens (including phenoxy) is 1. The Labute approximate surface area is 132 Å². The summed E-state index contributed by atoms with van der Waals surface area (Å²) in [5, 5.41) is 3.97. The monoisotopic (exact) mass is 322 g/mol. The standard InChI is InChI=1S/C15H12Cl2N2O2/c16-10-4-3-9(13(17)6-10)7-19-14(20)12-8-21-15-11(12)2-1-5-18-15/h1-6,12H,7-8H2,(H,19,20). The number of aromatic nitrogens is 1. The summed E-state index contributed by atoms with van der Waals surface area (Å²) in [5.74, 6) is 0.0923. The van der Waals surface area contributed by atoms with E-state index in [1.165, 1.54) is 0 Å². The number of halogens is 2. The molecule has 108 valence electrons. The van der Waals surface area contributed by atoms with Gasteiger partial charge in [-0.3, -0.25) is 4.79 Å². The lowest BCUT2D eigenvalue weighted by Gasteiger charge is -2.11. The average Bonchev–Trinajstić information content (AvgIpc) is 2.90. The van der Waals surface area contributed by atoms with E-state index in [1.807, 2.05) is 6.07 Å². The first-order valence-electron chi connectivity index (χ1n) is 6.44. The normalized spacial score (nSPS) is 16.2. The van der Waals surface area contributed by atoms with Crippen LogP contribution in [0.4, 0.5) is 0 Å². The fraction of sp³-hybridized carbons (Fsp3) is 0.200. The Morgan fingerprint density at radius 1 is 1.38 bits per heavy atom. The molecule has 2 aromatic rings. The van der Waals surface area contributed by atoms with Crippen LogP contribution in [0, 0.1) is 0 Å². The molecule has 1 atom stereocenters. The van der Waals surface area contributed by atoms with Crippen LogP contribution in [0.2, 0.25) is 10.0 Å². The van der Waals surface area contributed by atoms with Gasteiger partial charge in [0.2, 0.25) is 11.8 Å². The summed E-state index contributed by atoms with van der Waals surface area (Å²) in [4.78, 5) is 16.4. The number of hydrogen-bond donors (Lipinski definition) is 1. The Morgan fingerprint density at radius 2 is 2.24 bits per heavy atom. The highest BCUT2D eigenvalue weighted by molar-refractivity contribution is 6.35. The van der Waals surface area contributed by atoms with Gasteiger partial charge in [-0.15, -0.1) is 0 Å². The van der Waals surface area contributed by atoms with E-state index in [-0.39, 0.29) is 11.8 Å². The van der Waals surface area contributed by atoms with E-state index < -0.39 is 0 Å². The summed E-state index contributed by atoms with van der Waals surface area (Å²) in [6.45, 7) is 0.660. The molecule has 21 heavy (non-hydrogen) atoms. The number of amides is 1. The van der Waals surface area contributed by atoms with Gasteiger partial charge in [0, 0.05) is 28.4 Å². The van der Waals surface area contributed by atoms with Gasteiger partial charge in [-0.1, -0.05) is 35.3 Å². The molecule has 0 spiro atoms. The Hall–Kier alpha value is -1.78. The maximum atomic E-state index is 12.3. The van der Waals surface area contributed by atoms with Crippen LogP contribution in [0.1, 0.15) is 17.0 Å². The fourth-order valence-corrected chi connectivity index (χ4v) is 2.70. The molecule has 1 unspecified atom stereocenters. The van der Waals surface area contributed by atoms with Gasteiger partial charge in [0.25, 0.3) is 0 Å². The van der Waals surface area contributed by atoms with Crippen LogP contribution < -0.4 is 10.1 Å². The molecule has 0 bridgehead atoms. The average molecular weight is 323 g/mol. The van der Waals surface area contributed by atoms with Crippen molar-refractivity contribution in [3.8, 4) is 5.88 Å². The van der Waals surface area contributed by atoms with E-state index in [2.05, 4.69) is 10.3 Å². The van der Waals surface area contributed by atoms with Crippen LogP contribution in [-0.4, -0.2) is 17.5 Å². The van der Waals surface area contributed by atoms with Gasteiger partial charge >= 0.3 is 0 Å². The van der Waals surface area contributed by atoms with Gasteiger partial charge in [-0.05, 0) is 23.8 Å². The summed E-state index contributed by atoms with van der Waals surface area (Å²) in [6, 6.07) is 8.85. The molecular weight excluding hydrogens is 311 g/mol. The first kappa shape index (κ1) is 14.2. The van der Waals surface area contributed by atoms with Gasteiger partial charge in [0.1, 0.15) is 12.5 Å². The van der Waals surface area contributed by atoms with Crippen LogP contribution >= 0.6 is 23.2 Å². The molecule has 1 aliphatic rings. The molecule has 6 heteroatoms. The van der Waals surface area contributed by atoms with Crippen molar-refractivity contribution in [3.05, 3.63) is 57.7 Å². The Morgan fingerprint density at radius 3 is 3.05 bits per heavy atom. The van der Waals surface area contributed by atoms with Gasteiger partial charge in [0.05, 0.1) is 0 Å². The Bertz CT molecular complexity index is 691. The van der Waals surface area contributed by atoms with Gasteiger partial charge in [0.15, 0.2) is 0 Å². The number of carbonyl (C=O) groups is 1. The molecule has 0 fully saturated rings. The highest BCUT2D eigenvalue weighted by atomic mass is 35.5. The first-order valence-corrected chi connectivity index (χ1v) is 7.20. The van der Waals surface area contributed by atoms with Crippen molar-refractivity contribution >= 4 is 29.1 Å². The van der Waals surface area contributed by atoms with Crippen molar-refractivity contribution in [1.29, 1.82) is 0 Å². The molecule has 0 radical (unpaired) electrons. The number of nitrogens with zero attached hydrogens (tertiary/aromatic N) is 1. The quantitative estimate of drug-likeness (QED) is 0.944. The lowest BCUT2D eigenvalue weighted by atomic mass is 10.0. The minimum absolute atomic E-state index is 0.104. The van der Waals surface area contributed by atoms with Gasteiger partial charge < -0.3 is 10.1 Å². The number of rotatable bonds is 3. The number of fused-ring (bicyclic) bond motifs is 1.